The number of methoxy groups -OCH3 is 1. The normalized spacial score (nSPS) is 12.0. The minimum absolute atomic E-state index is 0.0449. The van der Waals surface area contributed by atoms with Crippen LogP contribution in [-0.2, 0) is 4.74 Å². The first-order valence-corrected chi connectivity index (χ1v) is 8.62. The Labute approximate surface area is 157 Å². The Morgan fingerprint density at radius 2 is 2.00 bits per heavy atom. The Bertz CT molecular complexity index is 936. The van der Waals surface area contributed by atoms with Crippen molar-refractivity contribution in [3.05, 3.63) is 76.6 Å². The molecule has 26 heavy (non-hydrogen) atoms. The fourth-order valence-electron chi connectivity index (χ4n) is 2.70. The van der Waals surface area contributed by atoms with E-state index in [1.807, 2.05) is 56.3 Å². The van der Waals surface area contributed by atoms with E-state index in [2.05, 4.69) is 10.4 Å². The quantitative estimate of drug-likeness (QED) is 0.703. The number of carbonyl (C=O) groups is 1. The molecule has 5 nitrogen and oxygen atoms in total. The van der Waals surface area contributed by atoms with E-state index < -0.39 is 0 Å². The van der Waals surface area contributed by atoms with Crippen LogP contribution in [0.1, 0.15) is 34.6 Å². The zero-order valence-electron chi connectivity index (χ0n) is 14.9. The van der Waals surface area contributed by atoms with Crippen molar-refractivity contribution in [3.8, 4) is 5.69 Å². The Hall–Kier alpha value is -2.63. The van der Waals surface area contributed by atoms with Gasteiger partial charge in [-0.05, 0) is 43.7 Å². The average molecular weight is 370 g/mol. The lowest BCUT2D eigenvalue weighted by Gasteiger charge is -2.12. The number of nitrogens with one attached hydrogen (secondary N) is 1. The number of halogens is 1. The minimum atomic E-state index is -0.219. The van der Waals surface area contributed by atoms with Gasteiger partial charge in [-0.25, -0.2) is 4.68 Å². The van der Waals surface area contributed by atoms with Crippen molar-refractivity contribution in [2.24, 2.45) is 0 Å². The summed E-state index contributed by atoms with van der Waals surface area (Å²) in [6.45, 7) is 3.80. The number of carbonyl (C=O) groups excluding carboxylic acids is 1. The summed E-state index contributed by atoms with van der Waals surface area (Å²) in [4.78, 5) is 12.7. The number of rotatable bonds is 5. The molecule has 0 aliphatic heterocycles. The molecule has 1 atom stereocenters. The molecule has 1 N–H and O–H groups in total. The molecule has 3 aromatic rings. The molecule has 0 aliphatic rings. The van der Waals surface area contributed by atoms with Gasteiger partial charge in [0.05, 0.1) is 34.3 Å². The number of hydrogen-bond donors (Lipinski definition) is 1. The summed E-state index contributed by atoms with van der Waals surface area (Å²) in [6.07, 6.45) is 1.51. The molecule has 3 rings (SSSR count). The van der Waals surface area contributed by atoms with Crippen LogP contribution in [0.5, 0.6) is 0 Å². The number of ether oxygens (including phenoxy) is 1. The molecule has 0 fully saturated rings. The molecule has 2 aromatic carbocycles. The molecule has 134 valence electrons. The maximum Gasteiger partial charge on any atom is 0.259 e. The zero-order valence-corrected chi connectivity index (χ0v) is 15.6. The van der Waals surface area contributed by atoms with Crippen molar-refractivity contribution in [2.45, 2.75) is 20.0 Å². The minimum Gasteiger partial charge on any atom is -0.377 e. The Balaban J connectivity index is 1.85. The van der Waals surface area contributed by atoms with E-state index in [4.69, 9.17) is 16.3 Å². The van der Waals surface area contributed by atoms with E-state index in [0.29, 0.717) is 16.3 Å². The van der Waals surface area contributed by atoms with Crippen LogP contribution < -0.4 is 5.32 Å². The van der Waals surface area contributed by atoms with Gasteiger partial charge in [-0.2, -0.15) is 5.10 Å². The van der Waals surface area contributed by atoms with Crippen LogP contribution in [0.15, 0.2) is 54.7 Å². The van der Waals surface area contributed by atoms with Crippen molar-refractivity contribution in [3.63, 3.8) is 0 Å². The lowest BCUT2D eigenvalue weighted by Crippen LogP contribution is -2.13. The van der Waals surface area contributed by atoms with Gasteiger partial charge in [0.2, 0.25) is 0 Å². The topological polar surface area (TPSA) is 56.1 Å². The van der Waals surface area contributed by atoms with Crippen molar-refractivity contribution < 1.29 is 9.53 Å². The second-order valence-electron chi connectivity index (χ2n) is 5.96. The summed E-state index contributed by atoms with van der Waals surface area (Å²) >= 11 is 6.24. The van der Waals surface area contributed by atoms with Gasteiger partial charge in [0.15, 0.2) is 0 Å². The maximum atomic E-state index is 12.7. The highest BCUT2D eigenvalue weighted by Gasteiger charge is 2.17. The fraction of sp³-hybridized carbons (Fsp3) is 0.200. The van der Waals surface area contributed by atoms with Crippen molar-refractivity contribution in [1.82, 2.24) is 9.78 Å². The molecule has 6 heteroatoms. The first-order valence-electron chi connectivity index (χ1n) is 8.25. The SMILES string of the molecule is COC(C)c1cccc(NC(=O)c2cnn(-c3ccccc3Cl)c2C)c1. The summed E-state index contributed by atoms with van der Waals surface area (Å²) in [5, 5.41) is 7.81. The number of hydrogen-bond acceptors (Lipinski definition) is 3. The Kier molecular flexibility index (Phi) is 5.40. The number of aromatic nitrogens is 2. The van der Waals surface area contributed by atoms with Crippen LogP contribution in [0.2, 0.25) is 5.02 Å². The standard InChI is InChI=1S/C20H20ClN3O2/c1-13-17(12-22-24(13)19-10-5-4-9-18(19)21)20(25)23-16-8-6-7-15(11-16)14(2)26-3/h4-12,14H,1-3H3,(H,23,25). The molecule has 0 saturated heterocycles. The van der Waals surface area contributed by atoms with Crippen molar-refractivity contribution in [2.75, 3.05) is 12.4 Å². The van der Waals surface area contributed by atoms with Gasteiger partial charge in [-0.15, -0.1) is 0 Å². The Morgan fingerprint density at radius 1 is 1.23 bits per heavy atom. The number of benzene rings is 2. The first kappa shape index (κ1) is 18.2. The van der Waals surface area contributed by atoms with Gasteiger partial charge in [-0.3, -0.25) is 4.79 Å². The van der Waals surface area contributed by atoms with E-state index in [9.17, 15) is 4.79 Å². The second-order valence-corrected chi connectivity index (χ2v) is 6.37. The second kappa shape index (κ2) is 7.72. The van der Waals surface area contributed by atoms with Crippen LogP contribution in [0.3, 0.4) is 0 Å². The van der Waals surface area contributed by atoms with Gasteiger partial charge in [-0.1, -0.05) is 35.9 Å². The maximum absolute atomic E-state index is 12.7. The number of anilines is 1. The third-order valence-electron chi connectivity index (χ3n) is 4.30. The van der Waals surface area contributed by atoms with E-state index in [-0.39, 0.29) is 12.0 Å². The molecule has 0 spiro atoms. The lowest BCUT2D eigenvalue weighted by molar-refractivity contribution is 0.102. The van der Waals surface area contributed by atoms with Crippen LogP contribution in [0, 0.1) is 6.92 Å². The van der Waals surface area contributed by atoms with E-state index in [1.165, 1.54) is 0 Å². The molecule has 0 aliphatic carbocycles. The van der Waals surface area contributed by atoms with Crippen LogP contribution in [0.25, 0.3) is 5.69 Å². The highest BCUT2D eigenvalue weighted by Crippen LogP contribution is 2.23. The molecule has 1 aromatic heterocycles. The molecule has 1 amide bonds. The number of para-hydroxylation sites is 1. The molecular formula is C20H20ClN3O2. The summed E-state index contributed by atoms with van der Waals surface area (Å²) in [6, 6.07) is 15.0. The van der Waals surface area contributed by atoms with Crippen LogP contribution in [0.4, 0.5) is 5.69 Å². The Morgan fingerprint density at radius 3 is 2.73 bits per heavy atom. The highest BCUT2D eigenvalue weighted by molar-refractivity contribution is 6.32. The zero-order chi connectivity index (χ0) is 18.7. The van der Waals surface area contributed by atoms with E-state index >= 15 is 0 Å². The smallest absolute Gasteiger partial charge is 0.259 e. The lowest BCUT2D eigenvalue weighted by atomic mass is 10.1. The van der Waals surface area contributed by atoms with Gasteiger partial charge < -0.3 is 10.1 Å². The third kappa shape index (κ3) is 3.64. The monoisotopic (exact) mass is 369 g/mol. The third-order valence-corrected chi connectivity index (χ3v) is 4.62. The fourth-order valence-corrected chi connectivity index (χ4v) is 2.92. The molecule has 0 radical (unpaired) electrons. The predicted molar refractivity (Wildman–Crippen MR) is 103 cm³/mol. The van der Waals surface area contributed by atoms with Crippen LogP contribution >= 0.6 is 11.6 Å². The number of amides is 1. The van der Waals surface area contributed by atoms with Gasteiger partial charge >= 0.3 is 0 Å². The molecular weight excluding hydrogens is 350 g/mol. The highest BCUT2D eigenvalue weighted by atomic mass is 35.5. The molecule has 1 unspecified atom stereocenters. The van der Waals surface area contributed by atoms with Gasteiger partial charge in [0.1, 0.15) is 0 Å². The molecule has 0 saturated carbocycles. The van der Waals surface area contributed by atoms with E-state index in [1.54, 1.807) is 24.1 Å². The number of nitrogens with zero attached hydrogens (tertiary/aromatic N) is 2. The van der Waals surface area contributed by atoms with Crippen molar-refractivity contribution >= 4 is 23.2 Å². The average Bonchev–Trinajstić information content (AvgIpc) is 3.03. The predicted octanol–water partition coefficient (Wildman–Crippen LogP) is 4.79. The summed E-state index contributed by atoms with van der Waals surface area (Å²) < 4.78 is 6.99. The molecule has 0 bridgehead atoms. The summed E-state index contributed by atoms with van der Waals surface area (Å²) in [5.74, 6) is -0.219. The van der Waals surface area contributed by atoms with Crippen LogP contribution in [-0.4, -0.2) is 22.8 Å². The largest absolute Gasteiger partial charge is 0.377 e. The summed E-state index contributed by atoms with van der Waals surface area (Å²) in [7, 11) is 1.66. The van der Waals surface area contributed by atoms with E-state index in [0.717, 1.165) is 16.9 Å². The molecule has 1 heterocycles. The summed E-state index contributed by atoms with van der Waals surface area (Å²) in [5.41, 5.74) is 3.66. The van der Waals surface area contributed by atoms with Crippen molar-refractivity contribution in [1.29, 1.82) is 0 Å². The van der Waals surface area contributed by atoms with Gasteiger partial charge in [0.25, 0.3) is 5.91 Å². The van der Waals surface area contributed by atoms with Gasteiger partial charge in [0, 0.05) is 12.8 Å². The first-order chi connectivity index (χ1) is 12.5.